The fourth-order valence-corrected chi connectivity index (χ4v) is 2.46. The average Bonchev–Trinajstić information content (AvgIpc) is 2.27. The third-order valence-corrected chi connectivity index (χ3v) is 3.30. The van der Waals surface area contributed by atoms with Gasteiger partial charge < -0.3 is 4.90 Å². The highest BCUT2D eigenvalue weighted by Gasteiger charge is 2.13. The minimum atomic E-state index is 1.19. The number of rotatable bonds is 0. The Labute approximate surface area is 90.3 Å². The van der Waals surface area contributed by atoms with Gasteiger partial charge in [-0.2, -0.15) is 0 Å². The van der Waals surface area contributed by atoms with Gasteiger partial charge in [0.2, 0.25) is 0 Å². The smallest absolute Gasteiger partial charge is 0.0402 e. The van der Waals surface area contributed by atoms with E-state index in [4.69, 9.17) is 0 Å². The summed E-state index contributed by atoms with van der Waals surface area (Å²) in [7, 11) is 2.19. The fraction of sp³-hybridized carbons (Fsp3) is 0.286. The van der Waals surface area contributed by atoms with Crippen molar-refractivity contribution in [3.63, 3.8) is 0 Å². The van der Waals surface area contributed by atoms with Crippen LogP contribution in [0.5, 0.6) is 0 Å². The molecule has 2 aromatic rings. The molecule has 0 saturated heterocycles. The molecule has 76 valence electrons. The molecule has 0 bridgehead atoms. The van der Waals surface area contributed by atoms with Gasteiger partial charge in [-0.3, -0.25) is 0 Å². The number of nitrogens with zero attached hydrogens (tertiary/aromatic N) is 1. The highest BCUT2D eigenvalue weighted by molar-refractivity contribution is 5.87. The third-order valence-electron chi connectivity index (χ3n) is 3.30. The molecule has 0 unspecified atom stereocenters. The van der Waals surface area contributed by atoms with Crippen molar-refractivity contribution in [2.75, 3.05) is 18.5 Å². The molecule has 1 heterocycles. The lowest BCUT2D eigenvalue weighted by Gasteiger charge is -2.27. The summed E-state index contributed by atoms with van der Waals surface area (Å²) in [5.41, 5.74) is 2.92. The summed E-state index contributed by atoms with van der Waals surface area (Å²) in [4.78, 5) is 2.37. The van der Waals surface area contributed by atoms with Crippen molar-refractivity contribution in [2.45, 2.75) is 12.8 Å². The monoisotopic (exact) mass is 197 g/mol. The molecule has 1 aliphatic rings. The first kappa shape index (κ1) is 8.78. The van der Waals surface area contributed by atoms with Gasteiger partial charge in [0.05, 0.1) is 0 Å². The molecule has 0 spiro atoms. The SMILES string of the molecule is CN1CCCc2cc3ccccc3cc21. The predicted molar refractivity (Wildman–Crippen MR) is 65.5 cm³/mol. The Bertz CT molecular complexity index is 502. The van der Waals surface area contributed by atoms with Crippen molar-refractivity contribution in [1.29, 1.82) is 0 Å². The minimum absolute atomic E-state index is 1.19. The van der Waals surface area contributed by atoms with Crippen LogP contribution in [0.1, 0.15) is 12.0 Å². The summed E-state index contributed by atoms with van der Waals surface area (Å²) in [5, 5.41) is 2.72. The second-order valence-corrected chi connectivity index (χ2v) is 4.35. The third kappa shape index (κ3) is 1.39. The van der Waals surface area contributed by atoms with Gasteiger partial charge in [-0.05, 0) is 41.3 Å². The summed E-state index contributed by atoms with van der Waals surface area (Å²) in [5.74, 6) is 0. The van der Waals surface area contributed by atoms with Gasteiger partial charge in [0, 0.05) is 19.3 Å². The summed E-state index contributed by atoms with van der Waals surface area (Å²) in [6.45, 7) is 1.19. The average molecular weight is 197 g/mol. The van der Waals surface area contributed by atoms with Crippen molar-refractivity contribution in [2.24, 2.45) is 0 Å². The zero-order chi connectivity index (χ0) is 10.3. The number of hydrogen-bond donors (Lipinski definition) is 0. The van der Waals surface area contributed by atoms with Crippen LogP contribution in [0.4, 0.5) is 5.69 Å². The lowest BCUT2D eigenvalue weighted by atomic mass is 9.98. The Morgan fingerprint density at radius 3 is 2.60 bits per heavy atom. The molecular weight excluding hydrogens is 182 g/mol. The van der Waals surface area contributed by atoms with Crippen LogP contribution in [0, 0.1) is 0 Å². The number of benzene rings is 2. The molecule has 0 fully saturated rings. The lowest BCUT2D eigenvalue weighted by Crippen LogP contribution is -2.24. The molecule has 1 heteroatoms. The summed E-state index contributed by atoms with van der Waals surface area (Å²) in [6.07, 6.45) is 2.51. The van der Waals surface area contributed by atoms with Crippen LogP contribution in [-0.2, 0) is 6.42 Å². The van der Waals surface area contributed by atoms with E-state index in [2.05, 4.69) is 48.3 Å². The number of anilines is 1. The molecule has 0 N–H and O–H groups in total. The van der Waals surface area contributed by atoms with Gasteiger partial charge in [0.1, 0.15) is 0 Å². The maximum absolute atomic E-state index is 2.37. The van der Waals surface area contributed by atoms with E-state index < -0.39 is 0 Å². The van der Waals surface area contributed by atoms with Crippen molar-refractivity contribution in [3.8, 4) is 0 Å². The maximum atomic E-state index is 2.37. The van der Waals surface area contributed by atoms with E-state index >= 15 is 0 Å². The first-order valence-corrected chi connectivity index (χ1v) is 5.57. The Balaban J connectivity index is 2.27. The molecule has 0 atom stereocenters. The Hall–Kier alpha value is -1.50. The normalized spacial score (nSPS) is 15.4. The molecular formula is C14H15N. The van der Waals surface area contributed by atoms with Crippen molar-refractivity contribution < 1.29 is 0 Å². The van der Waals surface area contributed by atoms with E-state index in [0.717, 1.165) is 0 Å². The quantitative estimate of drug-likeness (QED) is 0.626. The van der Waals surface area contributed by atoms with Gasteiger partial charge in [-0.1, -0.05) is 24.3 Å². The molecule has 1 nitrogen and oxygen atoms in total. The van der Waals surface area contributed by atoms with Gasteiger partial charge in [-0.15, -0.1) is 0 Å². The molecule has 1 aliphatic heterocycles. The van der Waals surface area contributed by atoms with Crippen molar-refractivity contribution in [1.82, 2.24) is 0 Å². The van der Waals surface area contributed by atoms with E-state index in [-0.39, 0.29) is 0 Å². The molecule has 0 saturated carbocycles. The number of hydrogen-bond acceptors (Lipinski definition) is 1. The van der Waals surface area contributed by atoms with Crippen LogP contribution in [-0.4, -0.2) is 13.6 Å². The molecule has 15 heavy (non-hydrogen) atoms. The molecule has 0 aromatic heterocycles. The fourth-order valence-electron chi connectivity index (χ4n) is 2.46. The van der Waals surface area contributed by atoms with Gasteiger partial charge in [0.25, 0.3) is 0 Å². The zero-order valence-electron chi connectivity index (χ0n) is 9.03. The number of aryl methyl sites for hydroxylation is 1. The predicted octanol–water partition coefficient (Wildman–Crippen LogP) is 3.22. The van der Waals surface area contributed by atoms with Gasteiger partial charge in [0.15, 0.2) is 0 Å². The molecule has 3 rings (SSSR count). The topological polar surface area (TPSA) is 3.24 Å². The molecule has 2 aromatic carbocycles. The van der Waals surface area contributed by atoms with E-state index in [1.54, 1.807) is 0 Å². The second kappa shape index (κ2) is 3.27. The molecule has 0 aliphatic carbocycles. The zero-order valence-corrected chi connectivity index (χ0v) is 9.03. The number of fused-ring (bicyclic) bond motifs is 2. The second-order valence-electron chi connectivity index (χ2n) is 4.35. The lowest BCUT2D eigenvalue weighted by molar-refractivity contribution is 0.746. The Kier molecular flexibility index (Phi) is 1.91. The highest BCUT2D eigenvalue weighted by atomic mass is 15.1. The van der Waals surface area contributed by atoms with E-state index in [0.29, 0.717) is 0 Å². The highest BCUT2D eigenvalue weighted by Crippen LogP contribution is 2.30. The van der Waals surface area contributed by atoms with E-state index in [1.807, 2.05) is 0 Å². The van der Waals surface area contributed by atoms with Crippen LogP contribution >= 0.6 is 0 Å². The minimum Gasteiger partial charge on any atom is -0.374 e. The van der Waals surface area contributed by atoms with Gasteiger partial charge in [-0.25, -0.2) is 0 Å². The van der Waals surface area contributed by atoms with Crippen LogP contribution < -0.4 is 4.90 Å². The van der Waals surface area contributed by atoms with Crippen LogP contribution in [0.2, 0.25) is 0 Å². The summed E-state index contributed by atoms with van der Waals surface area (Å²) in [6, 6.07) is 13.3. The van der Waals surface area contributed by atoms with E-state index in [1.165, 1.54) is 41.4 Å². The summed E-state index contributed by atoms with van der Waals surface area (Å²) < 4.78 is 0. The van der Waals surface area contributed by atoms with Crippen molar-refractivity contribution in [3.05, 3.63) is 42.0 Å². The Morgan fingerprint density at radius 2 is 1.80 bits per heavy atom. The molecule has 0 amide bonds. The first-order valence-electron chi connectivity index (χ1n) is 5.57. The largest absolute Gasteiger partial charge is 0.374 e. The van der Waals surface area contributed by atoms with Crippen LogP contribution in [0.3, 0.4) is 0 Å². The summed E-state index contributed by atoms with van der Waals surface area (Å²) >= 11 is 0. The van der Waals surface area contributed by atoms with Crippen LogP contribution in [0.15, 0.2) is 36.4 Å². The van der Waals surface area contributed by atoms with Crippen LogP contribution in [0.25, 0.3) is 10.8 Å². The van der Waals surface area contributed by atoms with Crippen molar-refractivity contribution >= 4 is 16.5 Å². The Morgan fingerprint density at radius 1 is 1.07 bits per heavy atom. The maximum Gasteiger partial charge on any atom is 0.0402 e. The first-order chi connectivity index (χ1) is 7.34. The molecule has 0 radical (unpaired) electrons. The van der Waals surface area contributed by atoms with E-state index in [9.17, 15) is 0 Å². The van der Waals surface area contributed by atoms with Gasteiger partial charge >= 0.3 is 0 Å². The standard InChI is InChI=1S/C14H15N/c1-15-8-4-7-13-9-11-5-2-3-6-12(11)10-14(13)15/h2-3,5-6,9-10H,4,7-8H2,1H3.